The van der Waals surface area contributed by atoms with E-state index in [4.69, 9.17) is 16.3 Å². The molecule has 5 heteroatoms. The minimum absolute atomic E-state index is 0.163. The minimum atomic E-state index is -0.945. The van der Waals surface area contributed by atoms with Crippen molar-refractivity contribution in [2.45, 2.75) is 37.5 Å². The van der Waals surface area contributed by atoms with Gasteiger partial charge in [0.2, 0.25) is 0 Å². The Kier molecular flexibility index (Phi) is 6.45. The summed E-state index contributed by atoms with van der Waals surface area (Å²) in [6.45, 7) is 1.41. The summed E-state index contributed by atoms with van der Waals surface area (Å²) in [7, 11) is 0. The lowest BCUT2D eigenvalue weighted by atomic mass is 9.94. The van der Waals surface area contributed by atoms with E-state index in [-0.39, 0.29) is 6.04 Å². The SMILES string of the molecule is O[C@@H]1[C@H](OCc2ccccc2)[C@@H](CCl)N(Cc2ccccc2)C[C@H]1O. The summed E-state index contributed by atoms with van der Waals surface area (Å²) in [5.41, 5.74) is 2.17. The van der Waals surface area contributed by atoms with Crippen molar-refractivity contribution in [3.8, 4) is 0 Å². The van der Waals surface area contributed by atoms with Crippen LogP contribution in [0.3, 0.4) is 0 Å². The van der Waals surface area contributed by atoms with Gasteiger partial charge in [-0.15, -0.1) is 11.6 Å². The van der Waals surface area contributed by atoms with E-state index in [2.05, 4.69) is 4.90 Å². The molecule has 1 saturated heterocycles. The number of benzene rings is 2. The molecule has 1 heterocycles. The number of hydrogen-bond acceptors (Lipinski definition) is 4. The third-order valence-corrected chi connectivity index (χ3v) is 4.99. The standard InChI is InChI=1S/C20H24ClNO3/c21-11-17-20(25-14-16-9-5-2-6-10-16)19(24)18(23)13-22(17)12-15-7-3-1-4-8-15/h1-10,17-20,23-24H,11-14H2/t17-,18-,19+,20-/m1/s1. The van der Waals surface area contributed by atoms with E-state index in [1.165, 1.54) is 0 Å². The third kappa shape index (κ3) is 4.60. The van der Waals surface area contributed by atoms with Crippen molar-refractivity contribution in [3.63, 3.8) is 0 Å². The van der Waals surface area contributed by atoms with Crippen molar-refractivity contribution in [1.82, 2.24) is 4.90 Å². The van der Waals surface area contributed by atoms with Gasteiger partial charge in [-0.05, 0) is 11.1 Å². The Morgan fingerprint density at radius 1 is 0.960 bits per heavy atom. The summed E-state index contributed by atoms with van der Waals surface area (Å²) in [5.74, 6) is 0.329. The predicted octanol–water partition coefficient (Wildman–Crippen LogP) is 2.42. The van der Waals surface area contributed by atoms with Gasteiger partial charge in [0.1, 0.15) is 12.2 Å². The topological polar surface area (TPSA) is 52.9 Å². The van der Waals surface area contributed by atoms with Crippen LogP contribution in [0.25, 0.3) is 0 Å². The number of ether oxygens (including phenoxy) is 1. The summed E-state index contributed by atoms with van der Waals surface area (Å²) in [6, 6.07) is 19.7. The van der Waals surface area contributed by atoms with E-state index < -0.39 is 18.3 Å². The van der Waals surface area contributed by atoms with Crippen molar-refractivity contribution in [1.29, 1.82) is 0 Å². The average molecular weight is 362 g/mol. The lowest BCUT2D eigenvalue weighted by molar-refractivity contribution is -0.161. The highest BCUT2D eigenvalue weighted by Gasteiger charge is 2.42. The molecule has 25 heavy (non-hydrogen) atoms. The number of alkyl halides is 1. The molecule has 0 aromatic heterocycles. The smallest absolute Gasteiger partial charge is 0.109 e. The summed E-state index contributed by atoms with van der Waals surface area (Å²) >= 11 is 6.22. The van der Waals surface area contributed by atoms with E-state index >= 15 is 0 Å². The van der Waals surface area contributed by atoms with Crippen LogP contribution in [0.2, 0.25) is 0 Å². The van der Waals surface area contributed by atoms with Gasteiger partial charge in [-0.1, -0.05) is 60.7 Å². The zero-order valence-corrected chi connectivity index (χ0v) is 14.8. The maximum absolute atomic E-state index is 10.4. The Hall–Kier alpha value is -1.43. The quantitative estimate of drug-likeness (QED) is 0.776. The zero-order valence-electron chi connectivity index (χ0n) is 14.0. The van der Waals surface area contributed by atoms with Gasteiger partial charge in [0.05, 0.1) is 18.8 Å². The number of halogens is 1. The maximum atomic E-state index is 10.4. The molecule has 0 spiro atoms. The van der Waals surface area contributed by atoms with Crippen molar-refractivity contribution in [2.24, 2.45) is 0 Å². The van der Waals surface area contributed by atoms with Crippen LogP contribution in [0.1, 0.15) is 11.1 Å². The van der Waals surface area contributed by atoms with E-state index in [0.29, 0.717) is 25.6 Å². The summed E-state index contributed by atoms with van der Waals surface area (Å²) in [6.07, 6.45) is -2.34. The van der Waals surface area contributed by atoms with Crippen molar-refractivity contribution in [3.05, 3.63) is 71.8 Å². The second-order valence-electron chi connectivity index (χ2n) is 6.46. The fourth-order valence-electron chi connectivity index (χ4n) is 3.30. The number of aliphatic hydroxyl groups is 2. The highest BCUT2D eigenvalue weighted by atomic mass is 35.5. The number of aliphatic hydroxyl groups excluding tert-OH is 2. The molecular formula is C20H24ClNO3. The molecule has 3 rings (SSSR count). The third-order valence-electron chi connectivity index (χ3n) is 4.67. The second-order valence-corrected chi connectivity index (χ2v) is 6.76. The van der Waals surface area contributed by atoms with Crippen LogP contribution in [-0.4, -0.2) is 51.9 Å². The van der Waals surface area contributed by atoms with Gasteiger partial charge in [0.15, 0.2) is 0 Å². The molecule has 0 radical (unpaired) electrons. The molecule has 1 fully saturated rings. The number of piperidine rings is 1. The van der Waals surface area contributed by atoms with Crippen LogP contribution in [0.15, 0.2) is 60.7 Å². The van der Waals surface area contributed by atoms with Gasteiger partial charge in [0, 0.05) is 19.0 Å². The lowest BCUT2D eigenvalue weighted by Crippen LogP contribution is -2.62. The molecule has 2 N–H and O–H groups in total. The number of rotatable bonds is 6. The molecule has 1 aliphatic rings. The maximum Gasteiger partial charge on any atom is 0.109 e. The fraction of sp³-hybridized carbons (Fsp3) is 0.400. The van der Waals surface area contributed by atoms with Crippen LogP contribution in [-0.2, 0) is 17.9 Å². The second kappa shape index (κ2) is 8.79. The molecule has 0 unspecified atom stereocenters. The van der Waals surface area contributed by atoms with Crippen molar-refractivity contribution >= 4 is 11.6 Å². The Morgan fingerprint density at radius 2 is 1.56 bits per heavy atom. The Morgan fingerprint density at radius 3 is 2.16 bits per heavy atom. The average Bonchev–Trinajstić information content (AvgIpc) is 2.65. The van der Waals surface area contributed by atoms with Crippen LogP contribution in [0.5, 0.6) is 0 Å². The highest BCUT2D eigenvalue weighted by molar-refractivity contribution is 6.18. The van der Waals surface area contributed by atoms with E-state index in [9.17, 15) is 10.2 Å². The van der Waals surface area contributed by atoms with Gasteiger partial charge < -0.3 is 14.9 Å². The van der Waals surface area contributed by atoms with Gasteiger partial charge in [0.25, 0.3) is 0 Å². The summed E-state index contributed by atoms with van der Waals surface area (Å²) < 4.78 is 5.99. The molecule has 2 aromatic rings. The highest BCUT2D eigenvalue weighted by Crippen LogP contribution is 2.25. The first-order valence-electron chi connectivity index (χ1n) is 8.54. The number of likely N-dealkylation sites (tertiary alicyclic amines) is 1. The normalized spacial score (nSPS) is 27.3. The predicted molar refractivity (Wildman–Crippen MR) is 98.4 cm³/mol. The molecule has 0 aliphatic carbocycles. The first-order chi connectivity index (χ1) is 12.2. The van der Waals surface area contributed by atoms with E-state index in [0.717, 1.165) is 11.1 Å². The lowest BCUT2D eigenvalue weighted by Gasteiger charge is -2.45. The van der Waals surface area contributed by atoms with Gasteiger partial charge in [-0.25, -0.2) is 0 Å². The first-order valence-corrected chi connectivity index (χ1v) is 9.08. The van der Waals surface area contributed by atoms with Gasteiger partial charge in [-0.3, -0.25) is 4.90 Å². The largest absolute Gasteiger partial charge is 0.389 e. The molecule has 134 valence electrons. The minimum Gasteiger partial charge on any atom is -0.389 e. The monoisotopic (exact) mass is 361 g/mol. The van der Waals surface area contributed by atoms with Crippen LogP contribution < -0.4 is 0 Å². The molecule has 0 saturated carbocycles. The summed E-state index contributed by atoms with van der Waals surface area (Å²) in [4.78, 5) is 2.09. The molecule has 1 aliphatic heterocycles. The fourth-order valence-corrected chi connectivity index (χ4v) is 3.67. The molecule has 4 nitrogen and oxygen atoms in total. The van der Waals surface area contributed by atoms with Gasteiger partial charge in [-0.2, -0.15) is 0 Å². The molecule has 0 bridgehead atoms. The first kappa shape index (κ1) is 18.4. The van der Waals surface area contributed by atoms with Gasteiger partial charge >= 0.3 is 0 Å². The van der Waals surface area contributed by atoms with Crippen molar-refractivity contribution < 1.29 is 14.9 Å². The Balaban J connectivity index is 1.72. The van der Waals surface area contributed by atoms with Crippen LogP contribution in [0.4, 0.5) is 0 Å². The van der Waals surface area contributed by atoms with Crippen LogP contribution in [0, 0.1) is 0 Å². The Labute approximate surface area is 153 Å². The number of nitrogens with zero attached hydrogens (tertiary/aromatic N) is 1. The van der Waals surface area contributed by atoms with Crippen molar-refractivity contribution in [2.75, 3.05) is 12.4 Å². The summed E-state index contributed by atoms with van der Waals surface area (Å²) in [5, 5.41) is 20.7. The van der Waals surface area contributed by atoms with E-state index in [1.54, 1.807) is 0 Å². The molecule has 0 amide bonds. The molecular weight excluding hydrogens is 338 g/mol. The molecule has 4 atom stereocenters. The zero-order chi connectivity index (χ0) is 17.6. The molecule has 2 aromatic carbocycles. The number of β-amino-alcohol motifs (C(OH)–C–C–N with tert-alkyl or cyclic N) is 1. The van der Waals surface area contributed by atoms with E-state index in [1.807, 2.05) is 60.7 Å². The number of hydrogen-bond donors (Lipinski definition) is 2. The Bertz CT molecular complexity index is 640. The van der Waals surface area contributed by atoms with Crippen LogP contribution >= 0.6 is 11.6 Å².